The fraction of sp³-hybridized carbons (Fsp3) is 0.593. The number of carbonyl (C=O) groups excluding carboxylic acids is 1. The molecule has 0 aliphatic heterocycles. The highest BCUT2D eigenvalue weighted by Crippen LogP contribution is 2.67. The van der Waals surface area contributed by atoms with E-state index in [1.54, 1.807) is 0 Å². The Balaban J connectivity index is 1.45. The van der Waals surface area contributed by atoms with E-state index in [4.69, 9.17) is 0 Å². The molecule has 0 aromatic heterocycles. The van der Waals surface area contributed by atoms with Crippen molar-refractivity contribution >= 4 is 5.78 Å². The van der Waals surface area contributed by atoms with Crippen molar-refractivity contribution in [2.75, 3.05) is 0 Å². The number of fused-ring (bicyclic) bond motifs is 5. The van der Waals surface area contributed by atoms with Crippen LogP contribution in [0.5, 0.6) is 0 Å². The lowest BCUT2D eigenvalue weighted by Crippen LogP contribution is -2.54. The molecule has 6 atom stereocenters. The van der Waals surface area contributed by atoms with Gasteiger partial charge in [0.15, 0.2) is 5.78 Å². The first-order valence-electron chi connectivity index (χ1n) is 11.4. The summed E-state index contributed by atoms with van der Waals surface area (Å²) in [6.07, 6.45) is 9.97. The van der Waals surface area contributed by atoms with E-state index in [9.17, 15) is 9.90 Å². The standard InChI is InChI=1S/C27H32O2/c1-25-14-11-21(28)18-20(25)8-9-22-23(25)12-15-26(2)24(22)13-17-27(26,29)16-10-19-6-4-3-5-7-19/h3-7,18,22-24,29H,8-9,11-15,17H2,1-2H3/t22-,23+,24-,25+,26+,27+/m1/s1. The van der Waals surface area contributed by atoms with Crippen LogP contribution >= 0.6 is 0 Å². The number of rotatable bonds is 0. The Kier molecular flexibility index (Phi) is 4.34. The van der Waals surface area contributed by atoms with E-state index >= 15 is 0 Å². The minimum Gasteiger partial charge on any atom is -0.377 e. The summed E-state index contributed by atoms with van der Waals surface area (Å²) >= 11 is 0. The predicted molar refractivity (Wildman–Crippen MR) is 115 cm³/mol. The lowest BCUT2D eigenvalue weighted by molar-refractivity contribution is -0.119. The Morgan fingerprint density at radius 1 is 0.966 bits per heavy atom. The van der Waals surface area contributed by atoms with E-state index in [-0.39, 0.29) is 10.8 Å². The van der Waals surface area contributed by atoms with Crippen LogP contribution < -0.4 is 0 Å². The van der Waals surface area contributed by atoms with Gasteiger partial charge in [0, 0.05) is 17.4 Å². The fourth-order valence-corrected chi connectivity index (χ4v) is 7.48. The van der Waals surface area contributed by atoms with Crippen LogP contribution in [0.3, 0.4) is 0 Å². The second kappa shape index (κ2) is 6.58. The Hall–Kier alpha value is -1.85. The van der Waals surface area contributed by atoms with Crippen LogP contribution in [0.2, 0.25) is 0 Å². The summed E-state index contributed by atoms with van der Waals surface area (Å²) in [5.41, 5.74) is 1.56. The second-order valence-electron chi connectivity index (χ2n) is 10.4. The first-order valence-corrected chi connectivity index (χ1v) is 11.4. The molecule has 1 N–H and O–H groups in total. The Morgan fingerprint density at radius 3 is 2.52 bits per heavy atom. The van der Waals surface area contributed by atoms with E-state index in [0.717, 1.165) is 44.1 Å². The maximum Gasteiger partial charge on any atom is 0.155 e. The number of allylic oxidation sites excluding steroid dienone is 1. The third-order valence-corrected chi connectivity index (χ3v) is 9.30. The van der Waals surface area contributed by atoms with Crippen molar-refractivity contribution in [2.45, 2.75) is 70.8 Å². The highest BCUT2D eigenvalue weighted by Gasteiger charge is 2.63. The topological polar surface area (TPSA) is 37.3 Å². The van der Waals surface area contributed by atoms with Crippen LogP contribution in [-0.4, -0.2) is 16.5 Å². The van der Waals surface area contributed by atoms with Crippen LogP contribution in [-0.2, 0) is 4.79 Å². The average molecular weight is 389 g/mol. The molecule has 3 fully saturated rings. The van der Waals surface area contributed by atoms with Crippen LogP contribution in [0, 0.1) is 40.4 Å². The van der Waals surface area contributed by atoms with E-state index in [1.165, 1.54) is 12.0 Å². The molecule has 4 aliphatic rings. The second-order valence-corrected chi connectivity index (χ2v) is 10.4. The van der Waals surface area contributed by atoms with E-state index in [2.05, 4.69) is 25.7 Å². The molecule has 1 aromatic carbocycles. The van der Waals surface area contributed by atoms with Crippen molar-refractivity contribution in [3.63, 3.8) is 0 Å². The molecule has 0 bridgehead atoms. The molecule has 0 unspecified atom stereocenters. The Morgan fingerprint density at radius 2 is 1.72 bits per heavy atom. The van der Waals surface area contributed by atoms with Gasteiger partial charge in [-0.25, -0.2) is 0 Å². The van der Waals surface area contributed by atoms with Gasteiger partial charge in [0.1, 0.15) is 5.60 Å². The molecular formula is C27H32O2. The number of hydrogen-bond acceptors (Lipinski definition) is 2. The maximum absolute atomic E-state index is 12.0. The number of aliphatic hydroxyl groups is 1. The van der Waals surface area contributed by atoms with Crippen molar-refractivity contribution in [2.24, 2.45) is 28.6 Å². The first-order chi connectivity index (χ1) is 13.9. The van der Waals surface area contributed by atoms with Crippen molar-refractivity contribution in [3.05, 3.63) is 47.5 Å². The van der Waals surface area contributed by atoms with Crippen LogP contribution in [0.1, 0.15) is 70.8 Å². The van der Waals surface area contributed by atoms with Gasteiger partial charge in [-0.1, -0.05) is 49.5 Å². The summed E-state index contributed by atoms with van der Waals surface area (Å²) < 4.78 is 0. The molecule has 0 amide bonds. The number of benzene rings is 1. The smallest absolute Gasteiger partial charge is 0.155 e. The molecule has 0 heterocycles. The largest absolute Gasteiger partial charge is 0.377 e. The summed E-state index contributed by atoms with van der Waals surface area (Å²) in [6, 6.07) is 10.0. The zero-order valence-electron chi connectivity index (χ0n) is 17.7. The molecule has 5 rings (SSSR count). The minimum absolute atomic E-state index is 0.127. The van der Waals surface area contributed by atoms with Gasteiger partial charge >= 0.3 is 0 Å². The van der Waals surface area contributed by atoms with E-state index in [1.807, 2.05) is 36.4 Å². The van der Waals surface area contributed by atoms with Crippen molar-refractivity contribution in [3.8, 4) is 11.8 Å². The SMILES string of the molecule is C[C@]12CCC(=O)C=C1CC[C@H]1[C@H]3CC[C@@](O)(C#Cc4ccccc4)[C@@]3(C)CC[C@@H]12. The fourth-order valence-electron chi connectivity index (χ4n) is 7.48. The summed E-state index contributed by atoms with van der Waals surface area (Å²) in [6.45, 7) is 4.72. The van der Waals surface area contributed by atoms with Gasteiger partial charge in [-0.3, -0.25) is 4.79 Å². The zero-order chi connectivity index (χ0) is 20.3. The number of hydrogen-bond donors (Lipinski definition) is 1. The lowest BCUT2D eigenvalue weighted by atomic mass is 9.46. The number of carbonyl (C=O) groups is 1. The molecule has 1 aromatic rings. The third-order valence-electron chi connectivity index (χ3n) is 9.30. The summed E-state index contributed by atoms with van der Waals surface area (Å²) in [7, 11) is 0. The zero-order valence-corrected chi connectivity index (χ0v) is 17.7. The molecule has 2 heteroatoms. The molecule has 3 saturated carbocycles. The molecule has 152 valence electrons. The molecule has 0 spiro atoms. The Bertz CT molecular complexity index is 919. The molecule has 0 radical (unpaired) electrons. The van der Waals surface area contributed by atoms with Crippen LogP contribution in [0.25, 0.3) is 0 Å². The molecule has 2 nitrogen and oxygen atoms in total. The van der Waals surface area contributed by atoms with Gasteiger partial charge in [0.25, 0.3) is 0 Å². The molecule has 4 aliphatic carbocycles. The predicted octanol–water partition coefficient (Wildman–Crippen LogP) is 5.30. The highest BCUT2D eigenvalue weighted by atomic mass is 16.3. The van der Waals surface area contributed by atoms with Gasteiger partial charge in [0.2, 0.25) is 0 Å². The summed E-state index contributed by atoms with van der Waals surface area (Å²) in [4.78, 5) is 12.0. The first kappa shape index (κ1) is 19.1. The normalized spacial score (nSPS) is 43.3. The minimum atomic E-state index is -0.891. The number of ketones is 1. The van der Waals surface area contributed by atoms with Crippen LogP contribution in [0.15, 0.2) is 42.0 Å². The highest BCUT2D eigenvalue weighted by molar-refractivity contribution is 5.91. The van der Waals surface area contributed by atoms with Gasteiger partial charge in [-0.2, -0.15) is 0 Å². The van der Waals surface area contributed by atoms with E-state index < -0.39 is 5.60 Å². The molecule has 29 heavy (non-hydrogen) atoms. The van der Waals surface area contributed by atoms with Gasteiger partial charge in [0.05, 0.1) is 0 Å². The molecular weight excluding hydrogens is 356 g/mol. The summed E-state index contributed by atoms with van der Waals surface area (Å²) in [5, 5.41) is 11.7. The van der Waals surface area contributed by atoms with Gasteiger partial charge < -0.3 is 5.11 Å². The summed E-state index contributed by atoms with van der Waals surface area (Å²) in [5.74, 6) is 8.76. The van der Waals surface area contributed by atoms with Gasteiger partial charge in [-0.15, -0.1) is 0 Å². The average Bonchev–Trinajstić information content (AvgIpc) is 2.99. The quantitative estimate of drug-likeness (QED) is 0.612. The van der Waals surface area contributed by atoms with Crippen molar-refractivity contribution in [1.29, 1.82) is 0 Å². The van der Waals surface area contributed by atoms with Gasteiger partial charge in [-0.05, 0) is 86.3 Å². The monoisotopic (exact) mass is 388 g/mol. The van der Waals surface area contributed by atoms with E-state index in [0.29, 0.717) is 30.0 Å². The lowest BCUT2D eigenvalue weighted by Gasteiger charge is -2.58. The van der Waals surface area contributed by atoms with Crippen molar-refractivity contribution < 1.29 is 9.90 Å². The Labute approximate surface area is 174 Å². The van der Waals surface area contributed by atoms with Crippen LogP contribution in [0.4, 0.5) is 0 Å². The third kappa shape index (κ3) is 2.77. The molecule has 0 saturated heterocycles. The van der Waals surface area contributed by atoms with Crippen molar-refractivity contribution in [1.82, 2.24) is 0 Å². The maximum atomic E-state index is 12.0.